The second-order valence-electron chi connectivity index (χ2n) is 4.78. The van der Waals surface area contributed by atoms with Gasteiger partial charge in [-0.05, 0) is 19.8 Å². The Balaban J connectivity index is 2.41. The van der Waals surface area contributed by atoms with Gasteiger partial charge in [0.1, 0.15) is 12.5 Å². The highest BCUT2D eigenvalue weighted by Gasteiger charge is 2.47. The van der Waals surface area contributed by atoms with Crippen molar-refractivity contribution in [2.24, 2.45) is 0 Å². The van der Waals surface area contributed by atoms with Crippen molar-refractivity contribution in [3.63, 3.8) is 0 Å². The summed E-state index contributed by atoms with van der Waals surface area (Å²) in [4.78, 5) is 22.2. The summed E-state index contributed by atoms with van der Waals surface area (Å²) < 4.78 is 13.1. The molecule has 18 heavy (non-hydrogen) atoms. The average molecular weight is 249 g/mol. The molecular formula is C12H12FN3O2. The van der Waals surface area contributed by atoms with Gasteiger partial charge in [-0.15, -0.1) is 0 Å². The predicted octanol–water partition coefficient (Wildman–Crippen LogP) is 1.33. The maximum absolute atomic E-state index is 13.1. The minimum Gasteiger partial charge on any atom is -0.493 e. The lowest BCUT2D eigenvalue weighted by atomic mass is 10.00. The van der Waals surface area contributed by atoms with Crippen LogP contribution in [0.25, 0.3) is 10.9 Å². The van der Waals surface area contributed by atoms with Gasteiger partial charge in [-0.25, -0.2) is 4.98 Å². The van der Waals surface area contributed by atoms with Crippen molar-refractivity contribution in [1.29, 1.82) is 0 Å². The molecule has 0 bridgehead atoms. The normalized spacial score (nSPS) is 17.0. The quantitative estimate of drug-likeness (QED) is 0.841. The second kappa shape index (κ2) is 3.51. The van der Waals surface area contributed by atoms with Crippen molar-refractivity contribution in [2.75, 3.05) is 6.67 Å². The molecule has 94 valence electrons. The molecule has 0 spiro atoms. The Hall–Kier alpha value is -1.98. The molecule has 1 aliphatic rings. The molecular weight excluding hydrogens is 237 g/mol. The zero-order valence-corrected chi connectivity index (χ0v) is 9.83. The van der Waals surface area contributed by atoms with E-state index in [4.69, 9.17) is 0 Å². The molecule has 6 heteroatoms. The minimum absolute atomic E-state index is 0.205. The van der Waals surface area contributed by atoms with E-state index in [1.807, 2.05) is 0 Å². The lowest BCUT2D eigenvalue weighted by molar-refractivity contribution is 0.411. The van der Waals surface area contributed by atoms with Gasteiger partial charge in [-0.1, -0.05) is 0 Å². The zero-order chi connectivity index (χ0) is 12.9. The number of nitrogens with one attached hydrogen (secondary N) is 1. The van der Waals surface area contributed by atoms with Gasteiger partial charge >= 0.3 is 0 Å². The van der Waals surface area contributed by atoms with E-state index in [1.54, 1.807) is 6.92 Å². The Bertz CT molecular complexity index is 692. The standard InChI is InChI=1S/C12H12FN3O2/c1-6-14-7-4-8(17)16-10(9(7)11(18)15-6)12(5-13)2-3-12/h4H,2-3,5H2,1H3,(H,16,17)(H,14,15,18). The monoisotopic (exact) mass is 249 g/mol. The average Bonchev–Trinajstić information content (AvgIpc) is 3.07. The number of aryl methyl sites for hydroxylation is 1. The van der Waals surface area contributed by atoms with E-state index < -0.39 is 12.1 Å². The van der Waals surface area contributed by atoms with Crippen LogP contribution in [0.15, 0.2) is 10.9 Å². The summed E-state index contributed by atoms with van der Waals surface area (Å²) in [6, 6.07) is 1.29. The number of nitrogens with zero attached hydrogens (tertiary/aromatic N) is 2. The van der Waals surface area contributed by atoms with E-state index >= 15 is 0 Å². The lowest BCUT2D eigenvalue weighted by Crippen LogP contribution is -2.18. The summed E-state index contributed by atoms with van der Waals surface area (Å²) in [7, 11) is 0. The minimum atomic E-state index is -0.672. The van der Waals surface area contributed by atoms with Crippen LogP contribution < -0.4 is 5.56 Å². The number of aromatic hydroxyl groups is 1. The van der Waals surface area contributed by atoms with E-state index in [1.165, 1.54) is 6.07 Å². The van der Waals surface area contributed by atoms with Crippen LogP contribution in [0.1, 0.15) is 24.4 Å². The van der Waals surface area contributed by atoms with Crippen LogP contribution in [0.4, 0.5) is 4.39 Å². The van der Waals surface area contributed by atoms with Crippen LogP contribution in [0.5, 0.6) is 5.88 Å². The number of hydrogen-bond donors (Lipinski definition) is 2. The third-order valence-electron chi connectivity index (χ3n) is 3.44. The molecule has 0 atom stereocenters. The smallest absolute Gasteiger partial charge is 0.250 e. The molecule has 3 rings (SSSR count). The first-order valence-corrected chi connectivity index (χ1v) is 5.73. The zero-order valence-electron chi connectivity index (χ0n) is 9.83. The first-order chi connectivity index (χ1) is 8.55. The number of pyridine rings is 1. The molecule has 0 radical (unpaired) electrons. The number of rotatable bonds is 2. The molecule has 0 saturated heterocycles. The van der Waals surface area contributed by atoms with Crippen LogP contribution in [-0.4, -0.2) is 26.7 Å². The first kappa shape index (κ1) is 11.1. The highest BCUT2D eigenvalue weighted by molar-refractivity contribution is 5.86. The van der Waals surface area contributed by atoms with Crippen molar-refractivity contribution >= 4 is 10.9 Å². The first-order valence-electron chi connectivity index (χ1n) is 5.73. The molecule has 0 amide bonds. The predicted molar refractivity (Wildman–Crippen MR) is 63.4 cm³/mol. The number of H-pyrrole nitrogens is 1. The summed E-state index contributed by atoms with van der Waals surface area (Å²) in [5.74, 6) is 0.171. The molecule has 2 N–H and O–H groups in total. The topological polar surface area (TPSA) is 78.9 Å². The Morgan fingerprint density at radius 1 is 1.50 bits per heavy atom. The van der Waals surface area contributed by atoms with E-state index in [0.717, 1.165) is 0 Å². The van der Waals surface area contributed by atoms with Crippen molar-refractivity contribution < 1.29 is 9.50 Å². The Labute approximate surface area is 102 Å². The Morgan fingerprint density at radius 3 is 2.83 bits per heavy atom. The summed E-state index contributed by atoms with van der Waals surface area (Å²) >= 11 is 0. The molecule has 0 aliphatic heterocycles. The molecule has 2 aromatic heterocycles. The third kappa shape index (κ3) is 1.48. The number of aromatic amines is 1. The fourth-order valence-electron chi connectivity index (χ4n) is 2.27. The lowest BCUT2D eigenvalue weighted by Gasteiger charge is -2.14. The summed E-state index contributed by atoms with van der Waals surface area (Å²) in [6.07, 6.45) is 1.32. The second-order valence-corrected chi connectivity index (χ2v) is 4.78. The van der Waals surface area contributed by atoms with Crippen molar-refractivity contribution in [3.05, 3.63) is 27.9 Å². The molecule has 2 aromatic rings. The van der Waals surface area contributed by atoms with Gasteiger partial charge in [0.05, 0.1) is 10.9 Å². The van der Waals surface area contributed by atoms with Crippen molar-refractivity contribution in [3.8, 4) is 5.88 Å². The maximum atomic E-state index is 13.1. The van der Waals surface area contributed by atoms with Crippen LogP contribution in [0.2, 0.25) is 0 Å². The highest BCUT2D eigenvalue weighted by atomic mass is 19.1. The number of halogens is 1. The molecule has 0 unspecified atom stereocenters. The summed E-state index contributed by atoms with van der Waals surface area (Å²) in [5, 5.41) is 10.3. The van der Waals surface area contributed by atoms with E-state index in [2.05, 4.69) is 15.0 Å². The van der Waals surface area contributed by atoms with Crippen LogP contribution in [0.3, 0.4) is 0 Å². The van der Waals surface area contributed by atoms with Gasteiger partial charge < -0.3 is 10.1 Å². The van der Waals surface area contributed by atoms with Gasteiger partial charge in [-0.2, -0.15) is 4.98 Å². The van der Waals surface area contributed by atoms with Gasteiger partial charge in [0.25, 0.3) is 0 Å². The van der Waals surface area contributed by atoms with E-state index in [-0.39, 0.29) is 11.4 Å². The number of aromatic nitrogens is 3. The summed E-state index contributed by atoms with van der Waals surface area (Å²) in [5.41, 5.74) is -0.229. The maximum Gasteiger partial charge on any atom is 0.250 e. The van der Waals surface area contributed by atoms with Crippen LogP contribution in [-0.2, 0) is 5.41 Å². The molecule has 2 heterocycles. The Morgan fingerprint density at radius 2 is 2.22 bits per heavy atom. The van der Waals surface area contributed by atoms with Gasteiger partial charge in [0, 0.05) is 17.2 Å². The number of fused-ring (bicyclic) bond motifs is 1. The highest BCUT2D eigenvalue weighted by Crippen LogP contribution is 2.50. The third-order valence-corrected chi connectivity index (χ3v) is 3.44. The van der Waals surface area contributed by atoms with Gasteiger partial charge in [0.15, 0.2) is 0 Å². The number of alkyl halides is 1. The van der Waals surface area contributed by atoms with E-state index in [9.17, 15) is 14.3 Å². The molecule has 1 fully saturated rings. The molecule has 0 aromatic carbocycles. The Kier molecular flexibility index (Phi) is 2.17. The van der Waals surface area contributed by atoms with Crippen molar-refractivity contribution in [2.45, 2.75) is 25.2 Å². The molecule has 1 aliphatic carbocycles. The van der Waals surface area contributed by atoms with E-state index in [0.29, 0.717) is 35.3 Å². The molecule has 1 saturated carbocycles. The molecule has 5 nitrogen and oxygen atoms in total. The van der Waals surface area contributed by atoms with Gasteiger partial charge in [0.2, 0.25) is 11.4 Å². The fourth-order valence-corrected chi connectivity index (χ4v) is 2.27. The van der Waals surface area contributed by atoms with Crippen LogP contribution in [0, 0.1) is 6.92 Å². The van der Waals surface area contributed by atoms with Gasteiger partial charge in [-0.3, -0.25) is 9.18 Å². The fraction of sp³-hybridized carbons (Fsp3) is 0.417. The van der Waals surface area contributed by atoms with Crippen molar-refractivity contribution in [1.82, 2.24) is 15.0 Å². The SMILES string of the molecule is Cc1nc(O)c2c(C3(CF)CC3)[nH]c(=O)cc2n1. The largest absolute Gasteiger partial charge is 0.493 e. The summed E-state index contributed by atoms with van der Waals surface area (Å²) in [6.45, 7) is 1.07. The van der Waals surface area contributed by atoms with Crippen LogP contribution >= 0.6 is 0 Å². The number of hydrogen-bond acceptors (Lipinski definition) is 4.